The fourth-order valence-corrected chi connectivity index (χ4v) is 3.32. The molecule has 3 aromatic rings. The van der Waals surface area contributed by atoms with Crippen molar-refractivity contribution in [1.82, 2.24) is 4.90 Å². The summed E-state index contributed by atoms with van der Waals surface area (Å²) in [6.07, 6.45) is 0. The van der Waals surface area contributed by atoms with Gasteiger partial charge in [0.25, 0.3) is 0 Å². The molecule has 25 heavy (non-hydrogen) atoms. The van der Waals surface area contributed by atoms with Crippen LogP contribution in [-0.4, -0.2) is 45.2 Å². The third kappa shape index (κ3) is 3.32. The molecule has 1 aliphatic rings. The first-order valence-corrected chi connectivity index (χ1v) is 8.36. The van der Waals surface area contributed by atoms with Crippen LogP contribution in [0.3, 0.4) is 0 Å². The summed E-state index contributed by atoms with van der Waals surface area (Å²) in [6, 6.07) is 16.4. The predicted octanol–water partition coefficient (Wildman–Crippen LogP) is 4.28. The molecule has 0 N–H and O–H groups in total. The highest BCUT2D eigenvalue weighted by Crippen LogP contribution is 2.42. The second-order valence-corrected chi connectivity index (χ2v) is 6.30. The molecule has 1 aromatic heterocycles. The Morgan fingerprint density at radius 2 is 1.68 bits per heavy atom. The van der Waals surface area contributed by atoms with Gasteiger partial charge in [-0.15, -0.1) is 12.4 Å². The normalized spacial score (nSPS) is 15.2. The third-order valence-corrected chi connectivity index (χ3v) is 4.72. The molecule has 0 saturated carbocycles. The molecule has 0 bridgehead atoms. The highest BCUT2D eigenvalue weighted by atomic mass is 35.5. The van der Waals surface area contributed by atoms with Crippen LogP contribution in [0.5, 0.6) is 5.75 Å². The molecule has 0 radical (unpaired) electrons. The third-order valence-electron chi connectivity index (χ3n) is 4.72. The summed E-state index contributed by atoms with van der Waals surface area (Å²) in [4.78, 5) is 4.80. The van der Waals surface area contributed by atoms with Gasteiger partial charge in [0.15, 0.2) is 5.76 Å². The van der Waals surface area contributed by atoms with E-state index in [9.17, 15) is 0 Å². The summed E-state index contributed by atoms with van der Waals surface area (Å²) < 4.78 is 11.7. The number of nitrogens with zero attached hydrogens (tertiary/aromatic N) is 2. The van der Waals surface area contributed by atoms with Crippen molar-refractivity contribution in [3.05, 3.63) is 48.5 Å². The Labute approximate surface area is 154 Å². The van der Waals surface area contributed by atoms with Gasteiger partial charge in [-0.2, -0.15) is 0 Å². The molecule has 0 atom stereocenters. The van der Waals surface area contributed by atoms with Gasteiger partial charge in [0, 0.05) is 37.1 Å². The van der Waals surface area contributed by atoms with Crippen LogP contribution >= 0.6 is 12.4 Å². The molecule has 0 unspecified atom stereocenters. The van der Waals surface area contributed by atoms with Gasteiger partial charge in [0.05, 0.1) is 12.8 Å². The van der Waals surface area contributed by atoms with Gasteiger partial charge < -0.3 is 19.0 Å². The zero-order valence-electron chi connectivity index (χ0n) is 14.6. The maximum Gasteiger partial charge on any atom is 0.158 e. The lowest BCUT2D eigenvalue weighted by Gasteiger charge is -2.34. The van der Waals surface area contributed by atoms with E-state index in [0.717, 1.165) is 54.2 Å². The van der Waals surface area contributed by atoms with Gasteiger partial charge in [-0.3, -0.25) is 0 Å². The minimum absolute atomic E-state index is 0. The maximum atomic E-state index is 6.25. The number of halogens is 1. The first kappa shape index (κ1) is 17.6. The van der Waals surface area contributed by atoms with Crippen LogP contribution in [0.15, 0.2) is 52.9 Å². The van der Waals surface area contributed by atoms with Crippen molar-refractivity contribution in [3.8, 4) is 17.1 Å². The average molecular weight is 359 g/mol. The van der Waals surface area contributed by atoms with E-state index in [1.54, 1.807) is 7.11 Å². The van der Waals surface area contributed by atoms with Crippen LogP contribution < -0.4 is 9.64 Å². The Balaban J connectivity index is 0.00000182. The fourth-order valence-electron chi connectivity index (χ4n) is 3.32. The van der Waals surface area contributed by atoms with Crippen LogP contribution in [0, 0.1) is 0 Å². The lowest BCUT2D eigenvalue weighted by Crippen LogP contribution is -2.44. The number of rotatable bonds is 3. The number of ether oxygens (including phenoxy) is 1. The molecule has 1 fully saturated rings. The number of hydrogen-bond donors (Lipinski definition) is 0. The summed E-state index contributed by atoms with van der Waals surface area (Å²) >= 11 is 0. The molecule has 2 heterocycles. The molecule has 2 aromatic carbocycles. The maximum absolute atomic E-state index is 6.25. The largest absolute Gasteiger partial charge is 0.497 e. The number of benzene rings is 2. The van der Waals surface area contributed by atoms with E-state index in [0.29, 0.717) is 0 Å². The van der Waals surface area contributed by atoms with E-state index in [-0.39, 0.29) is 12.4 Å². The van der Waals surface area contributed by atoms with Crippen LogP contribution in [0.25, 0.3) is 22.3 Å². The van der Waals surface area contributed by atoms with Gasteiger partial charge in [0.1, 0.15) is 11.3 Å². The lowest BCUT2D eigenvalue weighted by atomic mass is 10.1. The Morgan fingerprint density at radius 1 is 0.960 bits per heavy atom. The summed E-state index contributed by atoms with van der Waals surface area (Å²) in [5, 5.41) is 1.12. The van der Waals surface area contributed by atoms with Crippen molar-refractivity contribution < 1.29 is 9.15 Å². The number of methoxy groups -OCH3 is 1. The molecular formula is C20H23ClN2O2. The van der Waals surface area contributed by atoms with Crippen LogP contribution in [0.1, 0.15) is 0 Å². The highest BCUT2D eigenvalue weighted by molar-refractivity contribution is 6.00. The van der Waals surface area contributed by atoms with Crippen molar-refractivity contribution in [3.63, 3.8) is 0 Å². The number of piperazine rings is 1. The number of furan rings is 1. The quantitative estimate of drug-likeness (QED) is 0.698. The Kier molecular flexibility index (Phi) is 5.21. The van der Waals surface area contributed by atoms with Crippen LogP contribution in [0.4, 0.5) is 5.69 Å². The Bertz CT molecular complexity index is 840. The van der Waals surface area contributed by atoms with Gasteiger partial charge in [-0.1, -0.05) is 30.3 Å². The minimum Gasteiger partial charge on any atom is -0.497 e. The summed E-state index contributed by atoms with van der Waals surface area (Å²) in [5.74, 6) is 1.81. The molecule has 1 aliphatic heterocycles. The van der Waals surface area contributed by atoms with Crippen LogP contribution in [-0.2, 0) is 0 Å². The number of hydrogen-bond acceptors (Lipinski definition) is 4. The van der Waals surface area contributed by atoms with Crippen molar-refractivity contribution in [2.45, 2.75) is 0 Å². The molecule has 4 nitrogen and oxygen atoms in total. The van der Waals surface area contributed by atoms with Gasteiger partial charge >= 0.3 is 0 Å². The molecule has 0 aliphatic carbocycles. The molecule has 5 heteroatoms. The topological polar surface area (TPSA) is 28.9 Å². The SMILES string of the molecule is COc1ccc2oc(-c3ccccc3)c(N3CCN(C)CC3)c2c1.Cl. The molecule has 0 amide bonds. The van der Waals surface area contributed by atoms with Crippen molar-refractivity contribution in [1.29, 1.82) is 0 Å². The van der Waals surface area contributed by atoms with Gasteiger partial charge in [0.2, 0.25) is 0 Å². The van der Waals surface area contributed by atoms with Crippen molar-refractivity contribution >= 4 is 29.1 Å². The molecule has 4 rings (SSSR count). The predicted molar refractivity (Wildman–Crippen MR) is 105 cm³/mol. The zero-order chi connectivity index (χ0) is 16.5. The van der Waals surface area contributed by atoms with E-state index in [1.165, 1.54) is 5.69 Å². The van der Waals surface area contributed by atoms with Gasteiger partial charge in [-0.05, 0) is 25.2 Å². The van der Waals surface area contributed by atoms with Crippen LogP contribution in [0.2, 0.25) is 0 Å². The van der Waals surface area contributed by atoms with Crippen molar-refractivity contribution in [2.75, 3.05) is 45.2 Å². The van der Waals surface area contributed by atoms with Crippen molar-refractivity contribution in [2.24, 2.45) is 0 Å². The summed E-state index contributed by atoms with van der Waals surface area (Å²) in [6.45, 7) is 4.13. The Morgan fingerprint density at radius 3 is 2.36 bits per heavy atom. The smallest absolute Gasteiger partial charge is 0.158 e. The Hall–Kier alpha value is -2.17. The first-order chi connectivity index (χ1) is 11.8. The molecule has 1 saturated heterocycles. The fraction of sp³-hybridized carbons (Fsp3) is 0.300. The molecule has 132 valence electrons. The summed E-state index contributed by atoms with van der Waals surface area (Å²) in [5.41, 5.74) is 3.20. The standard InChI is InChI=1S/C20H22N2O2.ClH/c1-21-10-12-22(13-11-21)19-17-14-16(23-2)8-9-18(17)24-20(19)15-6-4-3-5-7-15;/h3-9,14H,10-13H2,1-2H3;1H. The number of anilines is 1. The van der Waals surface area contributed by atoms with E-state index in [2.05, 4.69) is 47.2 Å². The lowest BCUT2D eigenvalue weighted by molar-refractivity contribution is 0.313. The van der Waals surface area contributed by atoms with Gasteiger partial charge in [-0.25, -0.2) is 0 Å². The second-order valence-electron chi connectivity index (χ2n) is 6.30. The monoisotopic (exact) mass is 358 g/mol. The average Bonchev–Trinajstić information content (AvgIpc) is 3.01. The number of fused-ring (bicyclic) bond motifs is 1. The van der Waals surface area contributed by atoms with E-state index < -0.39 is 0 Å². The zero-order valence-corrected chi connectivity index (χ0v) is 15.4. The van der Waals surface area contributed by atoms with E-state index in [4.69, 9.17) is 9.15 Å². The minimum atomic E-state index is 0. The first-order valence-electron chi connectivity index (χ1n) is 8.36. The second kappa shape index (κ2) is 7.38. The number of likely N-dealkylation sites (N-methyl/N-ethyl adjacent to an activating group) is 1. The highest BCUT2D eigenvalue weighted by Gasteiger charge is 2.24. The molecular weight excluding hydrogens is 336 g/mol. The van der Waals surface area contributed by atoms with E-state index >= 15 is 0 Å². The molecule has 0 spiro atoms. The van der Waals surface area contributed by atoms with E-state index in [1.807, 2.05) is 18.2 Å². The summed E-state index contributed by atoms with van der Waals surface area (Å²) in [7, 11) is 3.88.